The summed E-state index contributed by atoms with van der Waals surface area (Å²) < 4.78 is 0. The van der Waals surface area contributed by atoms with Crippen LogP contribution in [0.4, 0.5) is 0 Å². The molecule has 1 atom stereocenters. The average Bonchev–Trinajstić information content (AvgIpc) is 2.17. The molecule has 0 aromatic heterocycles. The quantitative estimate of drug-likeness (QED) is 0.773. The van der Waals surface area contributed by atoms with Crippen LogP contribution in [0.5, 0.6) is 0 Å². The first-order valence-corrected chi connectivity index (χ1v) is 6.51. The SMILES string of the molecule is CCCC(C)(N)C(=O)NC1(C)CCCCC1. The molecule has 0 spiro atoms. The molecule has 16 heavy (non-hydrogen) atoms. The van der Waals surface area contributed by atoms with Crippen molar-refractivity contribution in [2.24, 2.45) is 5.73 Å². The van der Waals surface area contributed by atoms with Crippen molar-refractivity contribution in [3.05, 3.63) is 0 Å². The van der Waals surface area contributed by atoms with Crippen molar-refractivity contribution in [2.45, 2.75) is 76.8 Å². The summed E-state index contributed by atoms with van der Waals surface area (Å²) in [7, 11) is 0. The van der Waals surface area contributed by atoms with Crippen LogP contribution in [0.2, 0.25) is 0 Å². The molecule has 94 valence electrons. The Hall–Kier alpha value is -0.570. The first-order valence-electron chi connectivity index (χ1n) is 6.51. The predicted molar refractivity (Wildman–Crippen MR) is 67.1 cm³/mol. The Kier molecular flexibility index (Phi) is 4.36. The van der Waals surface area contributed by atoms with E-state index in [9.17, 15) is 4.79 Å². The third kappa shape index (κ3) is 3.48. The summed E-state index contributed by atoms with van der Waals surface area (Å²) in [5.41, 5.74) is 5.30. The van der Waals surface area contributed by atoms with Gasteiger partial charge in [0.1, 0.15) is 0 Å². The van der Waals surface area contributed by atoms with Gasteiger partial charge in [-0.1, -0.05) is 32.6 Å². The summed E-state index contributed by atoms with van der Waals surface area (Å²) in [5, 5.41) is 3.16. The van der Waals surface area contributed by atoms with Crippen molar-refractivity contribution in [3.63, 3.8) is 0 Å². The zero-order valence-corrected chi connectivity index (χ0v) is 10.9. The minimum absolute atomic E-state index is 0.0127. The number of amides is 1. The molecule has 0 aromatic carbocycles. The van der Waals surface area contributed by atoms with Crippen LogP contribution in [-0.4, -0.2) is 17.0 Å². The van der Waals surface area contributed by atoms with Gasteiger partial charge in [-0.15, -0.1) is 0 Å². The van der Waals surface area contributed by atoms with Crippen molar-refractivity contribution in [3.8, 4) is 0 Å². The molecular weight excluding hydrogens is 200 g/mol. The van der Waals surface area contributed by atoms with Crippen LogP contribution in [0.15, 0.2) is 0 Å². The monoisotopic (exact) mass is 226 g/mol. The van der Waals surface area contributed by atoms with Gasteiger partial charge in [-0.25, -0.2) is 0 Å². The number of hydrogen-bond acceptors (Lipinski definition) is 2. The molecular formula is C13H26N2O. The van der Waals surface area contributed by atoms with Crippen LogP contribution in [0.1, 0.15) is 65.7 Å². The lowest BCUT2D eigenvalue weighted by Gasteiger charge is -2.37. The van der Waals surface area contributed by atoms with Gasteiger partial charge in [-0.2, -0.15) is 0 Å². The Balaban J connectivity index is 2.55. The molecule has 1 aliphatic rings. The second kappa shape index (κ2) is 5.17. The van der Waals surface area contributed by atoms with Gasteiger partial charge in [0, 0.05) is 5.54 Å². The van der Waals surface area contributed by atoms with Crippen LogP contribution >= 0.6 is 0 Å². The van der Waals surface area contributed by atoms with Gasteiger partial charge in [0.05, 0.1) is 5.54 Å². The molecule has 0 heterocycles. The van der Waals surface area contributed by atoms with Crippen LogP contribution in [0.25, 0.3) is 0 Å². The molecule has 1 amide bonds. The molecule has 0 bridgehead atoms. The minimum Gasteiger partial charge on any atom is -0.349 e. The van der Waals surface area contributed by atoms with Crippen molar-refractivity contribution in [2.75, 3.05) is 0 Å². The highest BCUT2D eigenvalue weighted by atomic mass is 16.2. The molecule has 1 rings (SSSR count). The van der Waals surface area contributed by atoms with E-state index in [1.165, 1.54) is 19.3 Å². The van der Waals surface area contributed by atoms with E-state index in [1.54, 1.807) is 0 Å². The standard InChI is InChI=1S/C13H26N2O/c1-4-8-13(3,14)11(16)15-12(2)9-6-5-7-10-12/h4-10,14H2,1-3H3,(H,15,16). The zero-order chi connectivity index (χ0) is 12.2. The lowest BCUT2D eigenvalue weighted by molar-refractivity contribution is -0.128. The molecule has 1 saturated carbocycles. The lowest BCUT2D eigenvalue weighted by atomic mass is 9.82. The predicted octanol–water partition coefficient (Wildman–Crippen LogP) is 2.34. The molecule has 3 heteroatoms. The maximum absolute atomic E-state index is 12.1. The Bertz CT molecular complexity index is 242. The summed E-state index contributed by atoms with van der Waals surface area (Å²) in [6, 6.07) is 0. The van der Waals surface area contributed by atoms with Crippen molar-refractivity contribution < 1.29 is 4.79 Å². The van der Waals surface area contributed by atoms with Gasteiger partial charge in [-0.3, -0.25) is 4.79 Å². The number of nitrogens with two attached hydrogens (primary N) is 1. The molecule has 1 fully saturated rings. The number of carbonyl (C=O) groups excluding carboxylic acids is 1. The molecule has 3 nitrogen and oxygen atoms in total. The summed E-state index contributed by atoms with van der Waals surface area (Å²) in [6.45, 7) is 6.03. The maximum atomic E-state index is 12.1. The van der Waals surface area contributed by atoms with E-state index in [1.807, 2.05) is 6.92 Å². The van der Waals surface area contributed by atoms with Gasteiger partial charge < -0.3 is 11.1 Å². The highest BCUT2D eigenvalue weighted by Crippen LogP contribution is 2.28. The Morgan fingerprint density at radius 1 is 1.38 bits per heavy atom. The van der Waals surface area contributed by atoms with Crippen molar-refractivity contribution >= 4 is 5.91 Å². The molecule has 0 aliphatic heterocycles. The smallest absolute Gasteiger partial charge is 0.240 e. The van der Waals surface area contributed by atoms with E-state index in [4.69, 9.17) is 5.73 Å². The van der Waals surface area contributed by atoms with Crippen molar-refractivity contribution in [1.29, 1.82) is 0 Å². The fraction of sp³-hybridized carbons (Fsp3) is 0.923. The number of hydrogen-bond donors (Lipinski definition) is 2. The Labute approximate surface area is 99.2 Å². The summed E-state index contributed by atoms with van der Waals surface area (Å²) in [4.78, 5) is 12.1. The van der Waals surface area contributed by atoms with Crippen LogP contribution in [-0.2, 0) is 4.79 Å². The van der Waals surface area contributed by atoms with E-state index >= 15 is 0 Å². The van der Waals surface area contributed by atoms with Gasteiger partial charge in [0.25, 0.3) is 0 Å². The average molecular weight is 226 g/mol. The highest BCUT2D eigenvalue weighted by Gasteiger charge is 2.34. The number of rotatable bonds is 4. The minimum atomic E-state index is -0.713. The lowest BCUT2D eigenvalue weighted by Crippen LogP contribution is -2.58. The van der Waals surface area contributed by atoms with Crippen LogP contribution in [0.3, 0.4) is 0 Å². The largest absolute Gasteiger partial charge is 0.349 e. The number of nitrogens with one attached hydrogen (secondary N) is 1. The third-order valence-electron chi connectivity index (χ3n) is 3.66. The topological polar surface area (TPSA) is 55.1 Å². The van der Waals surface area contributed by atoms with Crippen LogP contribution < -0.4 is 11.1 Å². The first-order chi connectivity index (χ1) is 7.40. The van der Waals surface area contributed by atoms with E-state index in [2.05, 4.69) is 19.2 Å². The summed E-state index contributed by atoms with van der Waals surface area (Å²) in [5.74, 6) is 0.0127. The van der Waals surface area contributed by atoms with Gasteiger partial charge in [0.15, 0.2) is 0 Å². The van der Waals surface area contributed by atoms with E-state index in [0.717, 1.165) is 25.7 Å². The molecule has 0 aromatic rings. The molecule has 0 radical (unpaired) electrons. The molecule has 3 N–H and O–H groups in total. The fourth-order valence-electron chi connectivity index (χ4n) is 2.51. The van der Waals surface area contributed by atoms with Crippen molar-refractivity contribution in [1.82, 2.24) is 5.32 Å². The van der Waals surface area contributed by atoms with E-state index in [-0.39, 0.29) is 11.4 Å². The van der Waals surface area contributed by atoms with E-state index in [0.29, 0.717) is 0 Å². The van der Waals surface area contributed by atoms with Crippen LogP contribution in [0, 0.1) is 0 Å². The second-order valence-corrected chi connectivity index (χ2v) is 5.74. The summed E-state index contributed by atoms with van der Waals surface area (Å²) in [6.07, 6.45) is 7.58. The van der Waals surface area contributed by atoms with Gasteiger partial charge >= 0.3 is 0 Å². The first kappa shape index (κ1) is 13.5. The number of carbonyl (C=O) groups is 1. The van der Waals surface area contributed by atoms with Gasteiger partial charge in [0.2, 0.25) is 5.91 Å². The molecule has 0 saturated heterocycles. The summed E-state index contributed by atoms with van der Waals surface area (Å²) >= 11 is 0. The maximum Gasteiger partial charge on any atom is 0.240 e. The third-order valence-corrected chi connectivity index (χ3v) is 3.66. The highest BCUT2D eigenvalue weighted by molar-refractivity contribution is 5.86. The molecule has 1 aliphatic carbocycles. The Morgan fingerprint density at radius 3 is 2.44 bits per heavy atom. The molecule has 1 unspecified atom stereocenters. The Morgan fingerprint density at radius 2 is 1.94 bits per heavy atom. The fourth-order valence-corrected chi connectivity index (χ4v) is 2.51. The van der Waals surface area contributed by atoms with Gasteiger partial charge in [-0.05, 0) is 33.1 Å². The normalized spacial score (nSPS) is 23.5. The zero-order valence-electron chi connectivity index (χ0n) is 10.9. The van der Waals surface area contributed by atoms with E-state index < -0.39 is 5.54 Å². The second-order valence-electron chi connectivity index (χ2n) is 5.74.